The number of nitrogen functional groups attached to an aromatic ring is 1. The van der Waals surface area contributed by atoms with Gasteiger partial charge in [0, 0.05) is 12.3 Å². The highest BCUT2D eigenvalue weighted by molar-refractivity contribution is 7.99. The van der Waals surface area contributed by atoms with Gasteiger partial charge in [0.15, 0.2) is 5.16 Å². The number of anilines is 1. The van der Waals surface area contributed by atoms with Crippen molar-refractivity contribution < 1.29 is 9.53 Å². The van der Waals surface area contributed by atoms with E-state index < -0.39 is 0 Å². The summed E-state index contributed by atoms with van der Waals surface area (Å²) in [6.07, 6.45) is 0.341. The smallest absolute Gasteiger partial charge is 0.306 e. The van der Waals surface area contributed by atoms with Gasteiger partial charge in [0.05, 0.1) is 13.5 Å². The zero-order valence-corrected chi connectivity index (χ0v) is 9.74. The Bertz CT molecular complexity index is 352. The van der Waals surface area contributed by atoms with Crippen LogP contribution in [0.1, 0.15) is 13.3 Å². The third kappa shape index (κ3) is 3.12. The Kier molecular flexibility index (Phi) is 3.96. The molecule has 1 heterocycles. The van der Waals surface area contributed by atoms with Crippen LogP contribution in [-0.2, 0) is 16.6 Å². The molecule has 0 spiro atoms. The second-order valence-corrected chi connectivity index (χ2v) is 4.51. The van der Waals surface area contributed by atoms with E-state index in [-0.39, 0.29) is 11.2 Å². The first kappa shape index (κ1) is 11.8. The number of aromatic nitrogens is 3. The molecule has 0 fully saturated rings. The summed E-state index contributed by atoms with van der Waals surface area (Å²) in [6.45, 7) is 1.92. The molecule has 15 heavy (non-hydrogen) atoms. The number of ether oxygens (including phenoxy) is 1. The maximum Gasteiger partial charge on any atom is 0.306 e. The Hall–Kier alpha value is -1.24. The van der Waals surface area contributed by atoms with Crippen LogP contribution in [0.25, 0.3) is 0 Å². The Morgan fingerprint density at radius 2 is 2.33 bits per heavy atom. The fraction of sp³-hybridized carbons (Fsp3) is 0.625. The van der Waals surface area contributed by atoms with Crippen LogP contribution in [0.3, 0.4) is 0 Å². The normalized spacial score (nSPS) is 12.5. The van der Waals surface area contributed by atoms with Gasteiger partial charge in [-0.2, -0.15) is 0 Å². The summed E-state index contributed by atoms with van der Waals surface area (Å²) in [6, 6.07) is 0. The van der Waals surface area contributed by atoms with Gasteiger partial charge in [0.1, 0.15) is 0 Å². The molecule has 0 aromatic carbocycles. The van der Waals surface area contributed by atoms with Crippen molar-refractivity contribution in [3.63, 3.8) is 0 Å². The zero-order valence-electron chi connectivity index (χ0n) is 8.93. The van der Waals surface area contributed by atoms with Crippen molar-refractivity contribution in [2.45, 2.75) is 23.8 Å². The number of thioether (sulfide) groups is 1. The number of nitrogens with zero attached hydrogens (tertiary/aromatic N) is 3. The van der Waals surface area contributed by atoms with Crippen molar-refractivity contribution in [3.05, 3.63) is 0 Å². The Morgan fingerprint density at radius 3 is 2.80 bits per heavy atom. The molecule has 0 saturated heterocycles. The van der Waals surface area contributed by atoms with E-state index in [9.17, 15) is 4.79 Å². The average Bonchev–Trinajstić information content (AvgIpc) is 2.49. The molecular formula is C8H14N4O2S. The summed E-state index contributed by atoms with van der Waals surface area (Å²) in [5.41, 5.74) is 5.53. The second kappa shape index (κ2) is 5.01. The van der Waals surface area contributed by atoms with Gasteiger partial charge >= 0.3 is 5.97 Å². The highest BCUT2D eigenvalue weighted by Gasteiger charge is 2.14. The summed E-state index contributed by atoms with van der Waals surface area (Å²) in [5.74, 6) is 0.132. The number of carbonyl (C=O) groups excluding carboxylic acids is 1. The number of nitrogens with two attached hydrogens (primary N) is 1. The van der Waals surface area contributed by atoms with Crippen LogP contribution < -0.4 is 5.73 Å². The quantitative estimate of drug-likeness (QED) is 0.597. The minimum Gasteiger partial charge on any atom is -0.469 e. The predicted octanol–water partition coefficient (Wildman–Crippen LogP) is 0.441. The molecule has 0 aliphatic heterocycles. The molecule has 0 radical (unpaired) electrons. The number of methoxy groups -OCH3 is 1. The average molecular weight is 230 g/mol. The Balaban J connectivity index is 2.55. The zero-order chi connectivity index (χ0) is 11.4. The third-order valence-corrected chi connectivity index (χ3v) is 2.99. The van der Waals surface area contributed by atoms with E-state index in [1.807, 2.05) is 6.92 Å². The third-order valence-electron chi connectivity index (χ3n) is 1.86. The number of esters is 1. The van der Waals surface area contributed by atoms with Crippen molar-refractivity contribution in [1.29, 1.82) is 0 Å². The van der Waals surface area contributed by atoms with Crippen molar-refractivity contribution in [2.24, 2.45) is 7.05 Å². The maximum atomic E-state index is 11.0. The molecule has 6 nitrogen and oxygen atoms in total. The van der Waals surface area contributed by atoms with Gasteiger partial charge in [-0.15, -0.1) is 10.2 Å². The molecular weight excluding hydrogens is 216 g/mol. The van der Waals surface area contributed by atoms with Gasteiger partial charge in [-0.05, 0) is 0 Å². The molecule has 2 N–H and O–H groups in total. The monoisotopic (exact) mass is 230 g/mol. The standard InChI is InChI=1S/C8H14N4O2S/c1-5(4-6(13)14-3)15-8-11-10-7(9)12(8)2/h5H,4H2,1-3H3,(H2,9,10). The number of hydrogen-bond donors (Lipinski definition) is 1. The largest absolute Gasteiger partial charge is 0.469 e. The van der Waals surface area contributed by atoms with Crippen LogP contribution in [0.15, 0.2) is 5.16 Å². The highest BCUT2D eigenvalue weighted by Crippen LogP contribution is 2.23. The fourth-order valence-corrected chi connectivity index (χ4v) is 1.89. The molecule has 0 aliphatic carbocycles. The molecule has 0 aliphatic rings. The lowest BCUT2D eigenvalue weighted by atomic mass is 10.3. The summed E-state index contributed by atoms with van der Waals surface area (Å²) < 4.78 is 6.25. The molecule has 84 valence electrons. The molecule has 7 heteroatoms. The van der Waals surface area contributed by atoms with Gasteiger partial charge in [0.2, 0.25) is 5.95 Å². The van der Waals surface area contributed by atoms with E-state index in [2.05, 4.69) is 14.9 Å². The summed E-state index contributed by atoms with van der Waals surface area (Å²) in [4.78, 5) is 11.0. The van der Waals surface area contributed by atoms with Gasteiger partial charge in [-0.1, -0.05) is 18.7 Å². The second-order valence-electron chi connectivity index (χ2n) is 3.11. The molecule has 0 saturated carbocycles. The first-order valence-electron chi connectivity index (χ1n) is 4.43. The van der Waals surface area contributed by atoms with Crippen LogP contribution >= 0.6 is 11.8 Å². The van der Waals surface area contributed by atoms with Crippen molar-refractivity contribution >= 4 is 23.7 Å². The number of carbonyl (C=O) groups is 1. The van der Waals surface area contributed by atoms with E-state index in [1.54, 1.807) is 11.6 Å². The predicted molar refractivity (Wildman–Crippen MR) is 57.4 cm³/mol. The van der Waals surface area contributed by atoms with E-state index in [0.717, 1.165) is 0 Å². The minimum atomic E-state index is -0.231. The minimum absolute atomic E-state index is 0.0831. The van der Waals surface area contributed by atoms with Crippen LogP contribution in [0, 0.1) is 0 Å². The number of rotatable bonds is 4. The highest BCUT2D eigenvalue weighted by atomic mass is 32.2. The molecule has 1 atom stereocenters. The molecule has 1 unspecified atom stereocenters. The Labute approximate surface area is 92.2 Å². The van der Waals surface area contributed by atoms with Gasteiger partial charge in [-0.25, -0.2) is 0 Å². The van der Waals surface area contributed by atoms with E-state index in [0.29, 0.717) is 17.5 Å². The van der Waals surface area contributed by atoms with Crippen LogP contribution in [-0.4, -0.2) is 33.1 Å². The van der Waals surface area contributed by atoms with Crippen LogP contribution in [0.5, 0.6) is 0 Å². The van der Waals surface area contributed by atoms with Crippen LogP contribution in [0.2, 0.25) is 0 Å². The summed E-state index contributed by atoms with van der Waals surface area (Å²) >= 11 is 1.44. The molecule has 1 aromatic rings. The van der Waals surface area contributed by atoms with E-state index >= 15 is 0 Å². The first-order chi connectivity index (χ1) is 7.04. The summed E-state index contributed by atoms with van der Waals surface area (Å²) in [7, 11) is 3.16. The lowest BCUT2D eigenvalue weighted by molar-refractivity contribution is -0.140. The molecule has 0 bridgehead atoms. The van der Waals surface area contributed by atoms with Crippen molar-refractivity contribution in [3.8, 4) is 0 Å². The van der Waals surface area contributed by atoms with Crippen molar-refractivity contribution in [2.75, 3.05) is 12.8 Å². The van der Waals surface area contributed by atoms with Gasteiger partial charge in [0.25, 0.3) is 0 Å². The van der Waals surface area contributed by atoms with Gasteiger partial charge < -0.3 is 10.5 Å². The topological polar surface area (TPSA) is 83.0 Å². The molecule has 1 aromatic heterocycles. The first-order valence-corrected chi connectivity index (χ1v) is 5.31. The SMILES string of the molecule is COC(=O)CC(C)Sc1nnc(N)n1C. The Morgan fingerprint density at radius 1 is 1.67 bits per heavy atom. The van der Waals surface area contributed by atoms with Gasteiger partial charge in [-0.3, -0.25) is 9.36 Å². The van der Waals surface area contributed by atoms with Crippen LogP contribution in [0.4, 0.5) is 5.95 Å². The lowest BCUT2D eigenvalue weighted by Gasteiger charge is -2.08. The molecule has 1 rings (SSSR count). The molecule has 0 amide bonds. The lowest BCUT2D eigenvalue weighted by Crippen LogP contribution is -2.09. The van der Waals surface area contributed by atoms with E-state index in [1.165, 1.54) is 18.9 Å². The fourth-order valence-electron chi connectivity index (χ4n) is 0.968. The van der Waals surface area contributed by atoms with E-state index in [4.69, 9.17) is 5.73 Å². The summed E-state index contributed by atoms with van der Waals surface area (Å²) in [5, 5.41) is 8.39. The number of hydrogen-bond acceptors (Lipinski definition) is 6. The van der Waals surface area contributed by atoms with Crippen molar-refractivity contribution in [1.82, 2.24) is 14.8 Å². The maximum absolute atomic E-state index is 11.0.